The fourth-order valence-corrected chi connectivity index (χ4v) is 2.57. The summed E-state index contributed by atoms with van der Waals surface area (Å²) in [5.74, 6) is -1.17. The molecule has 0 fully saturated rings. The fourth-order valence-electron chi connectivity index (χ4n) is 2.57. The van der Waals surface area contributed by atoms with Crippen LogP contribution in [0.25, 0.3) is 5.57 Å². The molecule has 2 atom stereocenters. The van der Waals surface area contributed by atoms with Gasteiger partial charge in [-0.1, -0.05) is 52.3 Å². The van der Waals surface area contributed by atoms with Crippen LogP contribution < -0.4 is 5.73 Å². The number of nitrogens with zero attached hydrogens (tertiary/aromatic N) is 1. The molecule has 0 radical (unpaired) electrons. The van der Waals surface area contributed by atoms with Crippen LogP contribution in [-0.4, -0.2) is 30.9 Å². The van der Waals surface area contributed by atoms with Crippen molar-refractivity contribution in [3.8, 4) is 0 Å². The first-order chi connectivity index (χ1) is 10.9. The van der Waals surface area contributed by atoms with E-state index in [1.165, 1.54) is 12.1 Å². The van der Waals surface area contributed by atoms with Crippen molar-refractivity contribution in [2.75, 3.05) is 14.1 Å². The molecule has 4 heteroatoms. The molecular weight excluding hydrogens is 291 g/mol. The third-order valence-corrected chi connectivity index (χ3v) is 3.80. The number of hydrogen-bond donors (Lipinski definition) is 1. The Labute approximate surface area is 140 Å². The fraction of sp³-hybridized carbons (Fsp3) is 0.526. The van der Waals surface area contributed by atoms with Crippen LogP contribution in [0.4, 0.5) is 4.39 Å². The Hall–Kier alpha value is -1.68. The summed E-state index contributed by atoms with van der Waals surface area (Å²) in [6.07, 6.45) is 2.94. The van der Waals surface area contributed by atoms with Gasteiger partial charge in [-0.15, -0.1) is 0 Å². The van der Waals surface area contributed by atoms with Crippen molar-refractivity contribution >= 4 is 11.5 Å². The summed E-state index contributed by atoms with van der Waals surface area (Å²) >= 11 is 0. The Kier molecular flexibility index (Phi) is 10.1. The first kappa shape index (κ1) is 21.3. The molecule has 1 aromatic rings. The predicted octanol–water partition coefficient (Wildman–Crippen LogP) is 4.09. The number of hydrogen-bond acceptors (Lipinski definition) is 2. The Bertz CT molecular complexity index is 483. The van der Waals surface area contributed by atoms with E-state index in [4.69, 9.17) is 5.73 Å². The molecule has 0 bridgehead atoms. The van der Waals surface area contributed by atoms with Crippen LogP contribution >= 0.6 is 0 Å². The van der Waals surface area contributed by atoms with E-state index in [1.54, 1.807) is 12.1 Å². The number of carbonyl (C=O) groups excluding carboxylic acids is 1. The third kappa shape index (κ3) is 6.53. The first-order valence-corrected chi connectivity index (χ1v) is 8.29. The molecule has 2 N–H and O–H groups in total. The Morgan fingerprint density at radius 1 is 1.26 bits per heavy atom. The molecule has 1 rings (SSSR count). The highest BCUT2D eigenvalue weighted by Gasteiger charge is 2.30. The van der Waals surface area contributed by atoms with Gasteiger partial charge in [-0.2, -0.15) is 0 Å². The maximum absolute atomic E-state index is 13.0. The van der Waals surface area contributed by atoms with Crippen molar-refractivity contribution < 1.29 is 9.18 Å². The van der Waals surface area contributed by atoms with E-state index in [0.717, 1.165) is 24.8 Å². The van der Waals surface area contributed by atoms with Gasteiger partial charge in [0, 0.05) is 6.04 Å². The molecule has 23 heavy (non-hydrogen) atoms. The molecule has 1 aromatic carbocycles. The summed E-state index contributed by atoms with van der Waals surface area (Å²) < 4.78 is 13.0. The minimum atomic E-state index is -0.475. The zero-order valence-corrected chi connectivity index (χ0v) is 15.1. The average Bonchev–Trinajstić information content (AvgIpc) is 2.52. The number of nitrogens with two attached hydrogens (primary N) is 1. The SMILES string of the molecule is C=C(c1ccc(F)cc1)C(C(N)=O)C(CCCC)N(C)C.CC. The normalized spacial score (nSPS) is 13.0. The minimum Gasteiger partial charge on any atom is -0.369 e. The van der Waals surface area contributed by atoms with Gasteiger partial charge in [-0.05, 0) is 43.8 Å². The molecular formula is C19H31FN2O. The van der Waals surface area contributed by atoms with Crippen molar-refractivity contribution in [3.63, 3.8) is 0 Å². The van der Waals surface area contributed by atoms with E-state index >= 15 is 0 Å². The zero-order chi connectivity index (χ0) is 18.0. The lowest BCUT2D eigenvalue weighted by Crippen LogP contribution is -2.42. The average molecular weight is 322 g/mol. The highest BCUT2D eigenvalue weighted by atomic mass is 19.1. The summed E-state index contributed by atoms with van der Waals surface area (Å²) in [6, 6.07) is 6.02. The first-order valence-electron chi connectivity index (χ1n) is 8.29. The summed E-state index contributed by atoms with van der Waals surface area (Å²) in [5.41, 5.74) is 7.02. The monoisotopic (exact) mass is 322 g/mol. The largest absolute Gasteiger partial charge is 0.369 e. The van der Waals surface area contributed by atoms with Gasteiger partial charge in [0.1, 0.15) is 5.82 Å². The maximum atomic E-state index is 13.0. The molecule has 0 saturated carbocycles. The van der Waals surface area contributed by atoms with Gasteiger partial charge in [0.25, 0.3) is 0 Å². The van der Waals surface area contributed by atoms with Crippen molar-refractivity contribution in [3.05, 3.63) is 42.2 Å². The van der Waals surface area contributed by atoms with Crippen LogP contribution in [-0.2, 0) is 4.79 Å². The summed E-state index contributed by atoms with van der Waals surface area (Å²) in [7, 11) is 3.88. The summed E-state index contributed by atoms with van der Waals surface area (Å²) in [6.45, 7) is 10.1. The number of benzene rings is 1. The number of carbonyl (C=O) groups is 1. The Balaban J connectivity index is 0.00000232. The minimum absolute atomic E-state index is 0.00000283. The van der Waals surface area contributed by atoms with Gasteiger partial charge in [0.05, 0.1) is 5.92 Å². The molecule has 0 aromatic heterocycles. The lowest BCUT2D eigenvalue weighted by molar-refractivity contribution is -0.121. The zero-order valence-electron chi connectivity index (χ0n) is 15.1. The van der Waals surface area contributed by atoms with Gasteiger partial charge in [0.15, 0.2) is 0 Å². The van der Waals surface area contributed by atoms with Crippen LogP contribution in [0.5, 0.6) is 0 Å². The third-order valence-electron chi connectivity index (χ3n) is 3.80. The van der Waals surface area contributed by atoms with Gasteiger partial charge in [0.2, 0.25) is 5.91 Å². The van der Waals surface area contributed by atoms with E-state index in [1.807, 2.05) is 32.8 Å². The van der Waals surface area contributed by atoms with Gasteiger partial charge in [-0.3, -0.25) is 4.79 Å². The number of unbranched alkanes of at least 4 members (excludes halogenated alkanes) is 1. The number of primary amides is 1. The maximum Gasteiger partial charge on any atom is 0.226 e. The van der Waals surface area contributed by atoms with E-state index < -0.39 is 5.92 Å². The van der Waals surface area contributed by atoms with Crippen LogP contribution in [0.15, 0.2) is 30.8 Å². The second-order valence-corrected chi connectivity index (χ2v) is 5.59. The van der Waals surface area contributed by atoms with E-state index in [2.05, 4.69) is 13.5 Å². The van der Waals surface area contributed by atoms with Crippen LogP contribution in [0.2, 0.25) is 0 Å². The molecule has 0 heterocycles. The molecule has 0 spiro atoms. The molecule has 0 aliphatic carbocycles. The highest BCUT2D eigenvalue weighted by Crippen LogP contribution is 2.29. The van der Waals surface area contributed by atoms with Gasteiger partial charge < -0.3 is 10.6 Å². The topological polar surface area (TPSA) is 46.3 Å². The van der Waals surface area contributed by atoms with Crippen LogP contribution in [0, 0.1) is 11.7 Å². The van der Waals surface area contributed by atoms with Crippen molar-refractivity contribution in [1.29, 1.82) is 0 Å². The van der Waals surface area contributed by atoms with Gasteiger partial charge >= 0.3 is 0 Å². The van der Waals surface area contributed by atoms with Gasteiger partial charge in [-0.25, -0.2) is 4.39 Å². The van der Waals surface area contributed by atoms with E-state index in [9.17, 15) is 9.18 Å². The second-order valence-electron chi connectivity index (χ2n) is 5.59. The molecule has 3 nitrogen and oxygen atoms in total. The quantitative estimate of drug-likeness (QED) is 0.783. The van der Waals surface area contributed by atoms with Crippen molar-refractivity contribution in [2.24, 2.45) is 11.7 Å². The van der Waals surface area contributed by atoms with E-state index in [-0.39, 0.29) is 17.8 Å². The van der Waals surface area contributed by atoms with Crippen molar-refractivity contribution in [2.45, 2.75) is 46.1 Å². The number of rotatable bonds is 8. The predicted molar refractivity (Wildman–Crippen MR) is 96.5 cm³/mol. The van der Waals surface area contributed by atoms with Crippen molar-refractivity contribution in [1.82, 2.24) is 4.90 Å². The summed E-state index contributed by atoms with van der Waals surface area (Å²) in [4.78, 5) is 14.0. The number of amides is 1. The molecule has 2 unspecified atom stereocenters. The molecule has 0 saturated heterocycles. The van der Waals surface area contributed by atoms with Crippen LogP contribution in [0.3, 0.4) is 0 Å². The lowest BCUT2D eigenvalue weighted by Gasteiger charge is -2.32. The number of halogens is 1. The molecule has 0 aliphatic heterocycles. The highest BCUT2D eigenvalue weighted by molar-refractivity contribution is 5.91. The second kappa shape index (κ2) is 10.9. The van der Waals surface area contributed by atoms with Crippen LogP contribution in [0.1, 0.15) is 45.6 Å². The smallest absolute Gasteiger partial charge is 0.226 e. The lowest BCUT2D eigenvalue weighted by atomic mass is 9.84. The summed E-state index contributed by atoms with van der Waals surface area (Å²) in [5, 5.41) is 0. The van der Waals surface area contributed by atoms with E-state index in [0.29, 0.717) is 5.57 Å². The molecule has 1 amide bonds. The molecule has 130 valence electrons. The Morgan fingerprint density at radius 2 is 1.78 bits per heavy atom. The molecule has 0 aliphatic rings. The standard InChI is InChI=1S/C17H25FN2O.C2H6/c1-5-6-7-15(20(3)4)16(17(19)21)12(2)13-8-10-14(18)11-9-13;1-2/h8-11,15-16H,2,5-7H2,1,3-4H3,(H2,19,21);1-2H3. The Morgan fingerprint density at radius 3 is 2.17 bits per heavy atom.